The molecule has 5 heteroatoms. The molecule has 1 atom stereocenters. The maximum Gasteiger partial charge on any atom is 0.223 e. The Hall–Kier alpha value is -3.31. The minimum atomic E-state index is 0.0928. The van der Waals surface area contributed by atoms with Crippen molar-refractivity contribution >= 4 is 5.91 Å². The van der Waals surface area contributed by atoms with Crippen molar-refractivity contribution in [3.8, 4) is 11.5 Å². The second-order valence-corrected chi connectivity index (χ2v) is 7.88. The van der Waals surface area contributed by atoms with E-state index in [1.54, 1.807) is 7.11 Å². The standard InChI is InChI=1S/C27H32N2O3/c1-21(24-11-7-4-8-12-24)17-27(30)29(16-15-28)19-23-13-14-25(26(18-23)31-2)32-20-22-9-5-3-6-10-22/h3-14,18,21H,15-17,19-20,28H2,1-2H3. The van der Waals surface area contributed by atoms with Gasteiger partial charge in [-0.05, 0) is 34.7 Å². The van der Waals surface area contributed by atoms with Gasteiger partial charge in [0.05, 0.1) is 7.11 Å². The monoisotopic (exact) mass is 432 g/mol. The molecule has 0 spiro atoms. The molecule has 0 aliphatic heterocycles. The van der Waals surface area contributed by atoms with Crippen LogP contribution < -0.4 is 15.2 Å². The van der Waals surface area contributed by atoms with E-state index in [2.05, 4.69) is 19.1 Å². The zero-order valence-electron chi connectivity index (χ0n) is 18.9. The number of methoxy groups -OCH3 is 1. The fourth-order valence-electron chi connectivity index (χ4n) is 3.62. The normalized spacial score (nSPS) is 11.6. The molecule has 0 heterocycles. The van der Waals surface area contributed by atoms with E-state index >= 15 is 0 Å². The molecule has 0 aliphatic rings. The molecule has 0 saturated carbocycles. The highest BCUT2D eigenvalue weighted by Gasteiger charge is 2.18. The molecule has 32 heavy (non-hydrogen) atoms. The first-order chi connectivity index (χ1) is 15.6. The molecule has 3 aromatic carbocycles. The van der Waals surface area contributed by atoms with Crippen LogP contribution in [0.25, 0.3) is 0 Å². The van der Waals surface area contributed by atoms with Crippen molar-refractivity contribution < 1.29 is 14.3 Å². The minimum absolute atomic E-state index is 0.0928. The van der Waals surface area contributed by atoms with Gasteiger partial charge in [-0.15, -0.1) is 0 Å². The fraction of sp³-hybridized carbons (Fsp3) is 0.296. The summed E-state index contributed by atoms with van der Waals surface area (Å²) in [6.45, 7) is 3.95. The Bertz CT molecular complexity index is 977. The topological polar surface area (TPSA) is 64.8 Å². The van der Waals surface area contributed by atoms with Crippen LogP contribution in [0.4, 0.5) is 0 Å². The van der Waals surface area contributed by atoms with Crippen molar-refractivity contribution in [2.75, 3.05) is 20.2 Å². The Kier molecular flexibility index (Phi) is 8.70. The van der Waals surface area contributed by atoms with Gasteiger partial charge in [-0.25, -0.2) is 0 Å². The van der Waals surface area contributed by atoms with E-state index in [-0.39, 0.29) is 11.8 Å². The molecule has 1 unspecified atom stereocenters. The van der Waals surface area contributed by atoms with Gasteiger partial charge in [-0.3, -0.25) is 4.79 Å². The molecule has 0 radical (unpaired) electrons. The number of rotatable bonds is 11. The van der Waals surface area contributed by atoms with E-state index in [0.717, 1.165) is 16.7 Å². The van der Waals surface area contributed by atoms with Crippen LogP contribution in [0, 0.1) is 0 Å². The number of hydrogen-bond acceptors (Lipinski definition) is 4. The van der Waals surface area contributed by atoms with Crippen molar-refractivity contribution in [3.05, 3.63) is 95.6 Å². The lowest BCUT2D eigenvalue weighted by atomic mass is 9.97. The van der Waals surface area contributed by atoms with E-state index in [0.29, 0.717) is 44.2 Å². The quantitative estimate of drug-likeness (QED) is 0.475. The van der Waals surface area contributed by atoms with Crippen LogP contribution in [0.3, 0.4) is 0 Å². The van der Waals surface area contributed by atoms with E-state index < -0.39 is 0 Å². The molecule has 0 aliphatic carbocycles. The first-order valence-corrected chi connectivity index (χ1v) is 11.0. The van der Waals surface area contributed by atoms with Gasteiger partial charge < -0.3 is 20.1 Å². The highest BCUT2D eigenvalue weighted by atomic mass is 16.5. The summed E-state index contributed by atoms with van der Waals surface area (Å²) in [7, 11) is 1.62. The molecule has 0 bridgehead atoms. The summed E-state index contributed by atoms with van der Waals surface area (Å²) < 4.78 is 11.5. The minimum Gasteiger partial charge on any atom is -0.493 e. The smallest absolute Gasteiger partial charge is 0.223 e. The van der Waals surface area contributed by atoms with Crippen molar-refractivity contribution in [1.82, 2.24) is 4.90 Å². The van der Waals surface area contributed by atoms with Crippen molar-refractivity contribution in [3.63, 3.8) is 0 Å². The van der Waals surface area contributed by atoms with E-state index in [1.165, 1.54) is 0 Å². The zero-order valence-corrected chi connectivity index (χ0v) is 18.9. The number of ether oxygens (including phenoxy) is 2. The first-order valence-electron chi connectivity index (χ1n) is 11.0. The lowest BCUT2D eigenvalue weighted by Gasteiger charge is -2.24. The van der Waals surface area contributed by atoms with Crippen molar-refractivity contribution in [1.29, 1.82) is 0 Å². The van der Waals surface area contributed by atoms with E-state index in [1.807, 2.05) is 71.6 Å². The van der Waals surface area contributed by atoms with Crippen LogP contribution in [-0.2, 0) is 17.9 Å². The molecule has 2 N–H and O–H groups in total. The van der Waals surface area contributed by atoms with Gasteiger partial charge in [0.1, 0.15) is 6.61 Å². The predicted molar refractivity (Wildman–Crippen MR) is 128 cm³/mol. The highest BCUT2D eigenvalue weighted by Crippen LogP contribution is 2.29. The Labute approximate surface area is 190 Å². The number of nitrogens with two attached hydrogens (primary N) is 1. The Morgan fingerprint density at radius 1 is 0.938 bits per heavy atom. The average molecular weight is 433 g/mol. The third kappa shape index (κ3) is 6.59. The van der Waals surface area contributed by atoms with E-state index in [4.69, 9.17) is 15.2 Å². The molecule has 1 amide bonds. The molecular formula is C27H32N2O3. The number of benzene rings is 3. The summed E-state index contributed by atoms with van der Waals surface area (Å²) in [6.07, 6.45) is 0.444. The van der Waals surface area contributed by atoms with Crippen LogP contribution in [0.5, 0.6) is 11.5 Å². The fourth-order valence-corrected chi connectivity index (χ4v) is 3.62. The third-order valence-corrected chi connectivity index (χ3v) is 5.44. The van der Waals surface area contributed by atoms with E-state index in [9.17, 15) is 4.79 Å². The Balaban J connectivity index is 1.66. The largest absolute Gasteiger partial charge is 0.493 e. The predicted octanol–water partition coefficient (Wildman–Crippen LogP) is 4.76. The van der Waals surface area contributed by atoms with Gasteiger partial charge in [0.25, 0.3) is 0 Å². The molecule has 3 aromatic rings. The molecule has 168 valence electrons. The van der Waals surface area contributed by atoms with Gasteiger partial charge in [-0.1, -0.05) is 73.7 Å². The first kappa shape index (κ1) is 23.4. The van der Waals surface area contributed by atoms with Gasteiger partial charge in [-0.2, -0.15) is 0 Å². The van der Waals surface area contributed by atoms with Crippen LogP contribution in [0.15, 0.2) is 78.9 Å². The van der Waals surface area contributed by atoms with Crippen LogP contribution >= 0.6 is 0 Å². The summed E-state index contributed by atoms with van der Waals surface area (Å²) in [6, 6.07) is 25.9. The Morgan fingerprint density at radius 2 is 1.62 bits per heavy atom. The second-order valence-electron chi connectivity index (χ2n) is 7.88. The molecular weight excluding hydrogens is 400 g/mol. The number of carbonyl (C=O) groups is 1. The van der Waals surface area contributed by atoms with Crippen LogP contribution in [0.1, 0.15) is 36.0 Å². The van der Waals surface area contributed by atoms with Gasteiger partial charge in [0.2, 0.25) is 5.91 Å². The van der Waals surface area contributed by atoms with Crippen molar-refractivity contribution in [2.45, 2.75) is 32.4 Å². The van der Waals surface area contributed by atoms with Gasteiger partial charge >= 0.3 is 0 Å². The highest BCUT2D eigenvalue weighted by molar-refractivity contribution is 5.77. The molecule has 3 rings (SSSR count). The summed E-state index contributed by atoms with van der Waals surface area (Å²) in [5, 5.41) is 0. The summed E-state index contributed by atoms with van der Waals surface area (Å²) >= 11 is 0. The van der Waals surface area contributed by atoms with Gasteiger partial charge in [0.15, 0.2) is 11.5 Å². The van der Waals surface area contributed by atoms with Crippen LogP contribution in [0.2, 0.25) is 0 Å². The number of hydrogen-bond donors (Lipinski definition) is 1. The number of carbonyl (C=O) groups excluding carboxylic acids is 1. The maximum absolute atomic E-state index is 13.0. The molecule has 0 fully saturated rings. The second kappa shape index (κ2) is 11.9. The lowest BCUT2D eigenvalue weighted by molar-refractivity contribution is -0.132. The summed E-state index contributed by atoms with van der Waals surface area (Å²) in [5.74, 6) is 1.56. The molecule has 0 saturated heterocycles. The molecule has 0 aromatic heterocycles. The van der Waals surface area contributed by atoms with Gasteiger partial charge in [0, 0.05) is 26.1 Å². The maximum atomic E-state index is 13.0. The zero-order chi connectivity index (χ0) is 22.8. The average Bonchev–Trinajstić information content (AvgIpc) is 2.84. The van der Waals surface area contributed by atoms with Crippen LogP contribution in [-0.4, -0.2) is 31.0 Å². The lowest BCUT2D eigenvalue weighted by Crippen LogP contribution is -2.35. The summed E-state index contributed by atoms with van der Waals surface area (Å²) in [4.78, 5) is 14.8. The van der Waals surface area contributed by atoms with Crippen molar-refractivity contribution in [2.24, 2.45) is 5.73 Å². The number of amides is 1. The Morgan fingerprint density at radius 3 is 2.28 bits per heavy atom. The molecule has 5 nitrogen and oxygen atoms in total. The summed E-state index contributed by atoms with van der Waals surface area (Å²) in [5.41, 5.74) is 9.03. The SMILES string of the molecule is COc1cc(CN(CCN)C(=O)CC(C)c2ccccc2)ccc1OCc1ccccc1. The third-order valence-electron chi connectivity index (χ3n) is 5.44. The number of nitrogens with zero attached hydrogens (tertiary/aromatic N) is 1.